The van der Waals surface area contributed by atoms with Crippen LogP contribution in [0.4, 0.5) is 0 Å². The Morgan fingerprint density at radius 1 is 0.774 bits per heavy atom. The Hall–Kier alpha value is -6.37. The lowest BCUT2D eigenvalue weighted by molar-refractivity contribution is -0.109. The maximum absolute atomic E-state index is 13.1. The van der Waals surface area contributed by atoms with Crippen molar-refractivity contribution in [3.8, 4) is 0 Å². The minimum atomic E-state index is -1.46. The highest BCUT2D eigenvalue weighted by atomic mass is 32.2. The highest BCUT2D eigenvalue weighted by molar-refractivity contribution is 7.83. The summed E-state index contributed by atoms with van der Waals surface area (Å²) in [6.07, 6.45) is 2.29. The Kier molecular flexibility index (Phi) is 13.0. The van der Waals surface area contributed by atoms with Crippen LogP contribution >= 0.6 is 11.3 Å². The number of nitrogen functional groups attached to an aromatic ring is 2. The van der Waals surface area contributed by atoms with E-state index in [1.165, 1.54) is 15.0 Å². The zero-order chi connectivity index (χ0) is 37.7. The average molecular weight is 742 g/mol. The van der Waals surface area contributed by atoms with Gasteiger partial charge < -0.3 is 22.1 Å². The van der Waals surface area contributed by atoms with Crippen LogP contribution in [0, 0.1) is 17.7 Å². The quantitative estimate of drug-likeness (QED) is 0.0509. The number of carbonyl (C=O) groups excluding carboxylic acids is 2. The summed E-state index contributed by atoms with van der Waals surface area (Å²) in [5, 5.41) is 22.2. The molecule has 0 saturated heterocycles. The molecular weight excluding hydrogens is 703 g/mol. The van der Waals surface area contributed by atoms with E-state index in [0.29, 0.717) is 41.1 Å². The molecule has 268 valence electrons. The van der Waals surface area contributed by atoms with Crippen LogP contribution in [0.25, 0.3) is 21.0 Å². The molecule has 8 N–H and O–H groups in total. The van der Waals surface area contributed by atoms with E-state index < -0.39 is 11.0 Å². The number of hydrogen-bond acceptors (Lipinski definition) is 6. The number of fused-ring (bicyclic) bond motifs is 2. The number of aromatic nitrogens is 1. The van der Waals surface area contributed by atoms with Crippen molar-refractivity contribution in [3.05, 3.63) is 172 Å². The predicted molar refractivity (Wildman–Crippen MR) is 216 cm³/mol. The first-order chi connectivity index (χ1) is 25.6. The van der Waals surface area contributed by atoms with Gasteiger partial charge in [0.2, 0.25) is 6.41 Å². The van der Waals surface area contributed by atoms with E-state index >= 15 is 0 Å². The molecule has 2 amide bonds. The third-order valence-corrected chi connectivity index (χ3v) is 10.3. The van der Waals surface area contributed by atoms with Gasteiger partial charge in [-0.2, -0.15) is 0 Å². The van der Waals surface area contributed by atoms with Crippen molar-refractivity contribution in [2.45, 2.75) is 24.9 Å². The van der Waals surface area contributed by atoms with Gasteiger partial charge in [0.1, 0.15) is 11.7 Å². The van der Waals surface area contributed by atoms with Crippen LogP contribution in [0.5, 0.6) is 0 Å². The molecule has 0 aliphatic rings. The Bertz CT molecular complexity index is 2340. The molecule has 2 aromatic heterocycles. The van der Waals surface area contributed by atoms with Gasteiger partial charge in [0, 0.05) is 45.4 Å². The van der Waals surface area contributed by atoms with Gasteiger partial charge in [-0.3, -0.25) is 24.4 Å². The van der Waals surface area contributed by atoms with E-state index in [1.807, 2.05) is 78.1 Å². The second-order valence-electron chi connectivity index (χ2n) is 11.7. The molecule has 0 spiro atoms. The van der Waals surface area contributed by atoms with Gasteiger partial charge in [0.05, 0.1) is 16.0 Å². The third-order valence-electron chi connectivity index (χ3n) is 7.97. The van der Waals surface area contributed by atoms with Crippen molar-refractivity contribution < 1.29 is 13.8 Å². The van der Waals surface area contributed by atoms with Crippen molar-refractivity contribution in [2.75, 3.05) is 0 Å². The van der Waals surface area contributed by atoms with Crippen molar-refractivity contribution in [3.63, 3.8) is 0 Å². The van der Waals surface area contributed by atoms with Crippen molar-refractivity contribution >= 4 is 67.3 Å². The molecule has 10 nitrogen and oxygen atoms in total. The third kappa shape index (κ3) is 10.1. The van der Waals surface area contributed by atoms with Crippen LogP contribution < -0.4 is 22.1 Å². The van der Waals surface area contributed by atoms with Gasteiger partial charge in [-0.15, -0.1) is 11.3 Å². The first kappa shape index (κ1) is 37.9. The molecule has 7 rings (SSSR count). The van der Waals surface area contributed by atoms with Crippen LogP contribution in [0.3, 0.4) is 0 Å². The summed E-state index contributed by atoms with van der Waals surface area (Å²) in [7, 11) is -1.46. The molecule has 7 aromatic rings. The number of aryl methyl sites for hydroxylation is 1. The average Bonchev–Trinajstić information content (AvgIpc) is 3.77. The summed E-state index contributed by atoms with van der Waals surface area (Å²) in [5.74, 6) is -0.189. The Labute approximate surface area is 314 Å². The summed E-state index contributed by atoms with van der Waals surface area (Å²) in [5.41, 5.74) is 15.1. The number of hydrogen-bond donors (Lipinski definition) is 6. The molecule has 2 heterocycles. The standard InChI is InChI=1S/C23H20N4O2S.C9H11N3O.C9H8S/c24-22(25)17-12-10-16(11-13-17)14-26-23(28)20-15-27(21-9-5-4-8-19(20)21)30(29)18-6-2-1-3-7-18;10-9(11)8-3-1-7(2-4-8)5-12-6-13;1-7-6-8-4-2-3-5-9(8)10-7/h1-13,15H,14H2,(H3,24,25)(H,26,28);1-4,6H,5H2,(H3,10,11)(H,12,13);2-6H,1H3. The Morgan fingerprint density at radius 3 is 1.94 bits per heavy atom. The van der Waals surface area contributed by atoms with Gasteiger partial charge in [-0.25, -0.2) is 4.21 Å². The zero-order valence-corrected chi connectivity index (χ0v) is 30.5. The van der Waals surface area contributed by atoms with E-state index in [4.69, 9.17) is 22.3 Å². The molecule has 1 unspecified atom stereocenters. The van der Waals surface area contributed by atoms with Crippen molar-refractivity contribution in [2.24, 2.45) is 11.5 Å². The molecule has 0 aliphatic carbocycles. The second kappa shape index (κ2) is 18.2. The molecule has 0 saturated carbocycles. The van der Waals surface area contributed by atoms with Crippen LogP contribution in [0.2, 0.25) is 0 Å². The number of nitrogens with zero attached hydrogens (tertiary/aromatic N) is 1. The maximum Gasteiger partial charge on any atom is 0.253 e. The molecule has 0 radical (unpaired) electrons. The monoisotopic (exact) mass is 741 g/mol. The highest BCUT2D eigenvalue weighted by Crippen LogP contribution is 2.25. The van der Waals surface area contributed by atoms with Crippen LogP contribution in [-0.4, -0.2) is 32.2 Å². The van der Waals surface area contributed by atoms with Gasteiger partial charge in [0.15, 0.2) is 11.0 Å². The number of amidine groups is 2. The normalized spacial score (nSPS) is 11.0. The zero-order valence-electron chi connectivity index (χ0n) is 28.9. The van der Waals surface area contributed by atoms with Gasteiger partial charge in [0.25, 0.3) is 5.91 Å². The molecule has 1 atom stereocenters. The number of nitrogens with two attached hydrogens (primary N) is 2. The number of carbonyl (C=O) groups is 2. The second-order valence-corrected chi connectivity index (χ2v) is 14.4. The molecule has 12 heteroatoms. The summed E-state index contributed by atoms with van der Waals surface area (Å²) < 4.78 is 16.1. The van der Waals surface area contributed by atoms with Crippen molar-refractivity contribution in [1.29, 1.82) is 10.8 Å². The number of rotatable bonds is 10. The SMILES string of the molecule is Cc1cc2ccccc2s1.N=C(N)c1ccc(CNC(=O)c2cn(S(=O)c3ccccc3)c3ccccc23)cc1.N=C(N)c1ccc(CNC=O)cc1. The van der Waals surface area contributed by atoms with Gasteiger partial charge in [-0.1, -0.05) is 103 Å². The lowest BCUT2D eigenvalue weighted by Gasteiger charge is -2.06. The minimum absolute atomic E-state index is 0.00446. The van der Waals surface area contributed by atoms with Gasteiger partial charge in [-0.05, 0) is 53.8 Å². The summed E-state index contributed by atoms with van der Waals surface area (Å²) in [4.78, 5) is 24.9. The highest BCUT2D eigenvalue weighted by Gasteiger charge is 2.18. The summed E-state index contributed by atoms with van der Waals surface area (Å²) in [6, 6.07) is 41.6. The topological polar surface area (TPSA) is 180 Å². The van der Waals surface area contributed by atoms with Gasteiger partial charge >= 0.3 is 0 Å². The predicted octanol–water partition coefficient (Wildman–Crippen LogP) is 6.85. The fraction of sp³-hybridized carbons (Fsp3) is 0.0732. The first-order valence-corrected chi connectivity index (χ1v) is 18.4. The lowest BCUT2D eigenvalue weighted by Crippen LogP contribution is -2.22. The smallest absolute Gasteiger partial charge is 0.253 e. The molecule has 0 bridgehead atoms. The number of para-hydroxylation sites is 1. The lowest BCUT2D eigenvalue weighted by atomic mass is 10.1. The number of nitrogens with one attached hydrogen (secondary N) is 4. The largest absolute Gasteiger partial charge is 0.384 e. The van der Waals surface area contributed by atoms with Crippen LogP contribution in [-0.2, 0) is 28.9 Å². The van der Waals surface area contributed by atoms with E-state index in [1.54, 1.807) is 46.6 Å². The molecular formula is C41H39N7O3S2. The first-order valence-electron chi connectivity index (χ1n) is 16.5. The van der Waals surface area contributed by atoms with Crippen LogP contribution in [0.1, 0.15) is 37.5 Å². The molecule has 0 fully saturated rings. The van der Waals surface area contributed by atoms with E-state index in [0.717, 1.165) is 22.0 Å². The Balaban J connectivity index is 0.000000191. The van der Waals surface area contributed by atoms with E-state index in [-0.39, 0.29) is 17.6 Å². The summed E-state index contributed by atoms with van der Waals surface area (Å²) >= 11 is 1.85. The maximum atomic E-state index is 13.1. The number of thiophene rings is 1. The summed E-state index contributed by atoms with van der Waals surface area (Å²) in [6.45, 7) is 2.98. The molecule has 0 aliphatic heterocycles. The number of amides is 2. The number of benzene rings is 5. The van der Waals surface area contributed by atoms with Crippen molar-refractivity contribution in [1.82, 2.24) is 14.6 Å². The van der Waals surface area contributed by atoms with E-state index in [2.05, 4.69) is 47.9 Å². The minimum Gasteiger partial charge on any atom is -0.384 e. The molecule has 5 aromatic carbocycles. The molecule has 53 heavy (non-hydrogen) atoms. The van der Waals surface area contributed by atoms with E-state index in [9.17, 15) is 13.8 Å². The fourth-order valence-electron chi connectivity index (χ4n) is 5.27. The van der Waals surface area contributed by atoms with Crippen LogP contribution in [0.15, 0.2) is 145 Å². The fourth-order valence-corrected chi connectivity index (χ4v) is 7.35. The Morgan fingerprint density at radius 2 is 1.34 bits per heavy atom.